The van der Waals surface area contributed by atoms with Gasteiger partial charge in [-0.2, -0.15) is 8.42 Å². The molecule has 2 heterocycles. The third kappa shape index (κ3) is 4.27. The number of halogens is 3. The van der Waals surface area contributed by atoms with E-state index in [2.05, 4.69) is 4.74 Å². The van der Waals surface area contributed by atoms with Crippen LogP contribution < -0.4 is 18.8 Å². The largest absolute Gasteiger partial charge is 0.573 e. The van der Waals surface area contributed by atoms with Crippen molar-refractivity contribution in [3.8, 4) is 5.75 Å². The Morgan fingerprint density at radius 2 is 1.55 bits per heavy atom. The van der Waals surface area contributed by atoms with Gasteiger partial charge in [0.15, 0.2) is 0 Å². The van der Waals surface area contributed by atoms with Crippen LogP contribution in [0.3, 0.4) is 0 Å². The summed E-state index contributed by atoms with van der Waals surface area (Å²) in [6.45, 7) is 7.68. The van der Waals surface area contributed by atoms with E-state index in [0.29, 0.717) is 22.4 Å². The zero-order chi connectivity index (χ0) is 24.4. The molecular weight excluding hydrogens is 460 g/mol. The summed E-state index contributed by atoms with van der Waals surface area (Å²) in [5.74, 6) is -0.375. The molecule has 2 aromatic carbocycles. The molecule has 2 aliphatic rings. The second-order valence-electron chi connectivity index (χ2n) is 9.01. The Morgan fingerprint density at radius 3 is 2.09 bits per heavy atom. The molecule has 0 spiro atoms. The highest BCUT2D eigenvalue weighted by Gasteiger charge is 2.52. The van der Waals surface area contributed by atoms with E-state index in [1.165, 1.54) is 23.5 Å². The average molecular weight is 484 g/mol. The Labute approximate surface area is 191 Å². The van der Waals surface area contributed by atoms with Crippen LogP contribution in [0.1, 0.15) is 33.3 Å². The first-order valence-electron chi connectivity index (χ1n) is 10.2. The van der Waals surface area contributed by atoms with Crippen LogP contribution in [0.25, 0.3) is 0 Å². The van der Waals surface area contributed by atoms with E-state index in [1.54, 1.807) is 18.2 Å². The van der Waals surface area contributed by atoms with E-state index in [0.717, 1.165) is 16.4 Å². The minimum atomic E-state index is -4.80. The van der Waals surface area contributed by atoms with Crippen molar-refractivity contribution in [2.75, 3.05) is 15.7 Å². The van der Waals surface area contributed by atoms with Crippen molar-refractivity contribution in [1.29, 1.82) is 0 Å². The van der Waals surface area contributed by atoms with E-state index >= 15 is 0 Å². The van der Waals surface area contributed by atoms with Crippen molar-refractivity contribution < 1.29 is 35.6 Å². The lowest BCUT2D eigenvalue weighted by molar-refractivity contribution is -0.274. The first-order valence-corrected chi connectivity index (χ1v) is 11.6. The molecular formula is C21H24BF3N2O5S. The quantitative estimate of drug-likeness (QED) is 0.621. The van der Waals surface area contributed by atoms with Crippen molar-refractivity contribution in [2.24, 2.45) is 0 Å². The van der Waals surface area contributed by atoms with Gasteiger partial charge in [-0.15, -0.1) is 13.2 Å². The predicted molar refractivity (Wildman–Crippen MR) is 119 cm³/mol. The summed E-state index contributed by atoms with van der Waals surface area (Å²) in [7, 11) is -3.07. The van der Waals surface area contributed by atoms with Gasteiger partial charge in [-0.05, 0) is 63.0 Å². The lowest BCUT2D eigenvalue weighted by Crippen LogP contribution is -2.41. The van der Waals surface area contributed by atoms with Crippen LogP contribution in [-0.2, 0) is 26.1 Å². The summed E-state index contributed by atoms with van der Waals surface area (Å²) in [4.78, 5) is 0. The lowest BCUT2D eigenvalue weighted by atomic mass is 9.78. The summed E-state index contributed by atoms with van der Waals surface area (Å²) in [6, 6.07) is 10.2. The monoisotopic (exact) mass is 484 g/mol. The Hall–Kier alpha value is -2.44. The van der Waals surface area contributed by atoms with Crippen molar-refractivity contribution in [3.05, 3.63) is 48.0 Å². The minimum absolute atomic E-state index is 0.0538. The molecule has 178 valence electrons. The van der Waals surface area contributed by atoms with Crippen LogP contribution in [0.5, 0.6) is 5.75 Å². The molecule has 0 N–H and O–H groups in total. The Bertz CT molecular complexity index is 1150. The van der Waals surface area contributed by atoms with Gasteiger partial charge in [0, 0.05) is 7.05 Å². The molecule has 0 unspecified atom stereocenters. The summed E-state index contributed by atoms with van der Waals surface area (Å²) in [5.41, 5.74) is 1.02. The Kier molecular flexibility index (Phi) is 5.42. The van der Waals surface area contributed by atoms with Crippen molar-refractivity contribution in [1.82, 2.24) is 0 Å². The number of nitrogens with zero attached hydrogens (tertiary/aromatic N) is 2. The second kappa shape index (κ2) is 7.54. The highest BCUT2D eigenvalue weighted by Crippen LogP contribution is 2.42. The van der Waals surface area contributed by atoms with E-state index < -0.39 is 34.9 Å². The van der Waals surface area contributed by atoms with Crippen LogP contribution in [0.4, 0.5) is 24.5 Å². The molecule has 1 fully saturated rings. The van der Waals surface area contributed by atoms with E-state index in [9.17, 15) is 21.6 Å². The van der Waals surface area contributed by atoms with Gasteiger partial charge >= 0.3 is 23.7 Å². The highest BCUT2D eigenvalue weighted by atomic mass is 32.2. The number of benzene rings is 2. The maximum absolute atomic E-state index is 13.1. The average Bonchev–Trinajstić information content (AvgIpc) is 3.02. The van der Waals surface area contributed by atoms with Crippen molar-refractivity contribution in [2.45, 2.75) is 51.8 Å². The van der Waals surface area contributed by atoms with Gasteiger partial charge < -0.3 is 14.0 Å². The number of fused-ring (bicyclic) bond motifs is 1. The molecule has 33 heavy (non-hydrogen) atoms. The normalized spacial score (nSPS) is 20.8. The molecule has 2 aromatic rings. The number of anilines is 2. The molecule has 0 bridgehead atoms. The molecule has 7 nitrogen and oxygen atoms in total. The SMILES string of the molecule is CN1c2cc(B3OC(C)(C)C(C)(C)O3)ccc2N(Cc2ccc(OC(F)(F)F)cc2)S1(=O)=O. The van der Waals surface area contributed by atoms with Gasteiger partial charge in [0.1, 0.15) is 5.75 Å². The molecule has 2 aliphatic heterocycles. The number of ether oxygens (including phenoxy) is 1. The van der Waals surface area contributed by atoms with E-state index in [4.69, 9.17) is 9.31 Å². The Morgan fingerprint density at radius 1 is 0.970 bits per heavy atom. The molecule has 1 saturated heterocycles. The van der Waals surface area contributed by atoms with Crippen LogP contribution in [-0.4, -0.2) is 40.1 Å². The number of alkyl halides is 3. The molecule has 0 saturated carbocycles. The summed E-state index contributed by atoms with van der Waals surface area (Å²) in [6.07, 6.45) is -4.80. The number of rotatable bonds is 4. The molecule has 0 aromatic heterocycles. The van der Waals surface area contributed by atoms with Crippen LogP contribution >= 0.6 is 0 Å². The molecule has 0 atom stereocenters. The van der Waals surface area contributed by atoms with Gasteiger partial charge in [0.2, 0.25) is 0 Å². The topological polar surface area (TPSA) is 68.3 Å². The third-order valence-corrected chi connectivity index (χ3v) is 8.01. The molecule has 0 aliphatic carbocycles. The van der Waals surface area contributed by atoms with Gasteiger partial charge in [0.25, 0.3) is 0 Å². The molecule has 0 amide bonds. The summed E-state index contributed by atoms with van der Waals surface area (Å²) in [5, 5.41) is 0. The lowest BCUT2D eigenvalue weighted by Gasteiger charge is -2.32. The first kappa shape index (κ1) is 23.7. The Balaban J connectivity index is 1.60. The second-order valence-corrected chi connectivity index (χ2v) is 10.9. The smallest absolute Gasteiger partial charge is 0.406 e. The highest BCUT2D eigenvalue weighted by molar-refractivity contribution is 7.94. The van der Waals surface area contributed by atoms with Gasteiger partial charge in [-0.1, -0.05) is 18.2 Å². The van der Waals surface area contributed by atoms with Crippen molar-refractivity contribution >= 4 is 34.2 Å². The van der Waals surface area contributed by atoms with Crippen LogP contribution in [0.2, 0.25) is 0 Å². The van der Waals surface area contributed by atoms with Gasteiger partial charge in [0.05, 0.1) is 29.1 Å². The van der Waals surface area contributed by atoms with Gasteiger partial charge in [-0.25, -0.2) is 4.31 Å². The van der Waals surface area contributed by atoms with Crippen LogP contribution in [0, 0.1) is 0 Å². The van der Waals surface area contributed by atoms with Crippen LogP contribution in [0.15, 0.2) is 42.5 Å². The van der Waals surface area contributed by atoms with Crippen molar-refractivity contribution in [3.63, 3.8) is 0 Å². The first-order chi connectivity index (χ1) is 15.1. The zero-order valence-electron chi connectivity index (χ0n) is 18.8. The van der Waals surface area contributed by atoms with E-state index in [-0.39, 0.29) is 12.3 Å². The maximum Gasteiger partial charge on any atom is 0.573 e. The van der Waals surface area contributed by atoms with Gasteiger partial charge in [-0.3, -0.25) is 4.31 Å². The predicted octanol–water partition coefficient (Wildman–Crippen LogP) is 3.59. The maximum atomic E-state index is 13.1. The molecule has 0 radical (unpaired) electrons. The number of hydrogen-bond donors (Lipinski definition) is 0. The molecule has 12 heteroatoms. The fraction of sp³-hybridized carbons (Fsp3) is 0.429. The number of hydrogen-bond acceptors (Lipinski definition) is 5. The van der Waals surface area contributed by atoms with E-state index in [1.807, 2.05) is 27.7 Å². The fourth-order valence-electron chi connectivity index (χ4n) is 3.65. The standard InChI is InChI=1S/C21H24BF3N2O5S/c1-19(2)20(3,4)32-22(31-19)15-8-11-17-18(12-15)26(5)33(28,29)27(17)13-14-6-9-16(10-7-14)30-21(23,24)25/h6-12H,13H2,1-5H3. The summed E-state index contributed by atoms with van der Waals surface area (Å²) < 4.78 is 81.6. The third-order valence-electron chi connectivity index (χ3n) is 6.24. The minimum Gasteiger partial charge on any atom is -0.406 e. The fourth-order valence-corrected chi connectivity index (χ4v) is 5.06. The zero-order valence-corrected chi connectivity index (χ0v) is 19.6. The summed E-state index contributed by atoms with van der Waals surface area (Å²) >= 11 is 0. The molecule has 4 rings (SSSR count).